The van der Waals surface area contributed by atoms with Crippen LogP contribution in [0.2, 0.25) is 5.02 Å². The highest BCUT2D eigenvalue weighted by molar-refractivity contribution is 6.31. The molecule has 0 unspecified atom stereocenters. The molecule has 4 aromatic rings. The van der Waals surface area contributed by atoms with Gasteiger partial charge in [0.05, 0.1) is 23.3 Å². The molecular weight excluding hydrogens is 364 g/mol. The summed E-state index contributed by atoms with van der Waals surface area (Å²) in [7, 11) is 0. The van der Waals surface area contributed by atoms with E-state index in [1.807, 2.05) is 30.7 Å². The summed E-state index contributed by atoms with van der Waals surface area (Å²) >= 11 is 6.25. The minimum absolute atomic E-state index is 0.423. The molecule has 0 atom stereocenters. The van der Waals surface area contributed by atoms with Crippen molar-refractivity contribution in [1.29, 1.82) is 0 Å². The summed E-state index contributed by atoms with van der Waals surface area (Å²) < 4.78 is 7.64. The molecule has 1 aliphatic carbocycles. The number of fused-ring (bicyclic) bond motifs is 5. The third-order valence-corrected chi connectivity index (χ3v) is 5.78. The van der Waals surface area contributed by atoms with E-state index in [0.29, 0.717) is 23.3 Å². The molecule has 1 aliphatic heterocycles. The van der Waals surface area contributed by atoms with Gasteiger partial charge in [0.15, 0.2) is 11.5 Å². The van der Waals surface area contributed by atoms with E-state index in [2.05, 4.69) is 29.9 Å². The van der Waals surface area contributed by atoms with Crippen LogP contribution in [0.25, 0.3) is 28.5 Å². The van der Waals surface area contributed by atoms with E-state index in [9.17, 15) is 0 Å². The maximum atomic E-state index is 6.25. The fourth-order valence-electron chi connectivity index (χ4n) is 3.87. The van der Waals surface area contributed by atoms with Crippen molar-refractivity contribution in [3.8, 4) is 28.5 Å². The SMILES string of the molecule is Clc1ccc2c(c1)-c1[nH]ncc1Cc1c(-c3nc(C4CCC4)no3)ncn1-2. The van der Waals surface area contributed by atoms with Gasteiger partial charge in [0.25, 0.3) is 5.89 Å². The highest BCUT2D eigenvalue weighted by atomic mass is 35.5. The van der Waals surface area contributed by atoms with Gasteiger partial charge in [-0.1, -0.05) is 23.2 Å². The molecule has 0 saturated heterocycles. The molecule has 0 radical (unpaired) electrons. The normalized spacial score (nSPS) is 15.6. The quantitative estimate of drug-likeness (QED) is 0.499. The van der Waals surface area contributed by atoms with Gasteiger partial charge in [0, 0.05) is 28.5 Å². The summed E-state index contributed by atoms with van der Waals surface area (Å²) in [6.07, 6.45) is 7.81. The van der Waals surface area contributed by atoms with E-state index in [-0.39, 0.29) is 0 Å². The maximum Gasteiger partial charge on any atom is 0.278 e. The van der Waals surface area contributed by atoms with Crippen LogP contribution in [-0.2, 0) is 6.42 Å². The zero-order valence-corrected chi connectivity index (χ0v) is 15.1. The lowest BCUT2D eigenvalue weighted by Crippen LogP contribution is -2.10. The Balaban J connectivity index is 1.53. The van der Waals surface area contributed by atoms with Gasteiger partial charge in [-0.05, 0) is 31.0 Å². The van der Waals surface area contributed by atoms with E-state index >= 15 is 0 Å². The third kappa shape index (κ3) is 2.21. The Kier molecular flexibility index (Phi) is 3.11. The second kappa shape index (κ2) is 5.53. The minimum atomic E-state index is 0.423. The molecule has 1 aromatic carbocycles. The van der Waals surface area contributed by atoms with Crippen molar-refractivity contribution < 1.29 is 4.52 Å². The van der Waals surface area contributed by atoms with Crippen molar-refractivity contribution >= 4 is 11.6 Å². The summed E-state index contributed by atoms with van der Waals surface area (Å²) in [5.74, 6) is 1.70. The lowest BCUT2D eigenvalue weighted by Gasteiger charge is -2.20. The molecule has 8 heteroatoms. The average Bonchev–Trinajstić information content (AvgIpc) is 3.33. The Bertz CT molecular complexity index is 1170. The standard InChI is InChI=1S/C19H15ClN6O/c20-12-4-5-14-13(7-12)16-11(8-22-24-16)6-15-17(21-9-26(14)15)19-23-18(25-27-19)10-2-1-3-10/h4-5,7-10H,1-3,6H2,(H,22,24). The van der Waals surface area contributed by atoms with Gasteiger partial charge in [-0.25, -0.2) is 4.98 Å². The fraction of sp³-hybridized carbons (Fsp3) is 0.263. The van der Waals surface area contributed by atoms with Crippen molar-refractivity contribution in [2.75, 3.05) is 0 Å². The summed E-state index contributed by atoms with van der Waals surface area (Å²) in [6, 6.07) is 5.83. The van der Waals surface area contributed by atoms with Gasteiger partial charge in [0.2, 0.25) is 0 Å². The highest BCUT2D eigenvalue weighted by Crippen LogP contribution is 2.39. The van der Waals surface area contributed by atoms with Crippen molar-refractivity contribution in [2.24, 2.45) is 0 Å². The van der Waals surface area contributed by atoms with Gasteiger partial charge < -0.3 is 9.09 Å². The number of hydrogen-bond acceptors (Lipinski definition) is 5. The van der Waals surface area contributed by atoms with Crippen LogP contribution < -0.4 is 0 Å². The minimum Gasteiger partial charge on any atom is -0.332 e. The van der Waals surface area contributed by atoms with Crippen LogP contribution in [0, 0.1) is 0 Å². The number of hydrogen-bond donors (Lipinski definition) is 1. The summed E-state index contributed by atoms with van der Waals surface area (Å²) in [4.78, 5) is 9.24. The van der Waals surface area contributed by atoms with Crippen LogP contribution in [0.15, 0.2) is 35.2 Å². The van der Waals surface area contributed by atoms with Crippen LogP contribution in [-0.4, -0.2) is 29.9 Å². The lowest BCUT2D eigenvalue weighted by atomic mass is 9.85. The predicted molar refractivity (Wildman–Crippen MR) is 98.8 cm³/mol. The van der Waals surface area contributed by atoms with Gasteiger partial charge in [-0.15, -0.1) is 0 Å². The molecule has 6 rings (SSSR count). The van der Waals surface area contributed by atoms with Crippen molar-refractivity contribution in [3.63, 3.8) is 0 Å². The van der Waals surface area contributed by atoms with Crippen LogP contribution in [0.4, 0.5) is 0 Å². The molecule has 134 valence electrons. The Morgan fingerprint density at radius 2 is 2.19 bits per heavy atom. The summed E-state index contributed by atoms with van der Waals surface area (Å²) in [6.45, 7) is 0. The van der Waals surface area contributed by atoms with Crippen molar-refractivity contribution in [1.82, 2.24) is 29.9 Å². The van der Waals surface area contributed by atoms with Crippen LogP contribution >= 0.6 is 11.6 Å². The van der Waals surface area contributed by atoms with Crippen LogP contribution in [0.1, 0.15) is 42.3 Å². The monoisotopic (exact) mass is 378 g/mol. The number of imidazole rings is 1. The second-order valence-corrected chi connectivity index (χ2v) is 7.54. The molecular formula is C19H15ClN6O. The zero-order valence-electron chi connectivity index (χ0n) is 14.3. The van der Waals surface area contributed by atoms with Crippen molar-refractivity contribution in [2.45, 2.75) is 31.6 Å². The number of benzene rings is 1. The lowest BCUT2D eigenvalue weighted by molar-refractivity contribution is 0.366. The predicted octanol–water partition coefficient (Wildman–Crippen LogP) is 4.14. The molecule has 27 heavy (non-hydrogen) atoms. The Hall–Kier alpha value is -2.93. The Morgan fingerprint density at radius 1 is 1.26 bits per heavy atom. The van der Waals surface area contributed by atoms with Crippen LogP contribution in [0.3, 0.4) is 0 Å². The first kappa shape index (κ1) is 15.2. The molecule has 1 fully saturated rings. The van der Waals surface area contributed by atoms with E-state index < -0.39 is 0 Å². The van der Waals surface area contributed by atoms with Gasteiger partial charge >= 0.3 is 0 Å². The zero-order chi connectivity index (χ0) is 18.0. The van der Waals surface area contributed by atoms with Crippen molar-refractivity contribution in [3.05, 3.63) is 52.8 Å². The fourth-order valence-corrected chi connectivity index (χ4v) is 4.04. The van der Waals surface area contributed by atoms with E-state index in [0.717, 1.165) is 52.6 Å². The maximum absolute atomic E-state index is 6.25. The number of nitrogens with zero attached hydrogens (tertiary/aromatic N) is 5. The van der Waals surface area contributed by atoms with Gasteiger partial charge in [0.1, 0.15) is 6.33 Å². The number of nitrogens with one attached hydrogen (secondary N) is 1. The van der Waals surface area contributed by atoms with E-state index in [4.69, 9.17) is 16.1 Å². The molecule has 0 spiro atoms. The van der Waals surface area contributed by atoms with E-state index in [1.54, 1.807) is 0 Å². The number of aromatic amines is 1. The Morgan fingerprint density at radius 3 is 3.04 bits per heavy atom. The Labute approximate surface area is 159 Å². The largest absolute Gasteiger partial charge is 0.332 e. The molecule has 1 N–H and O–H groups in total. The summed E-state index contributed by atoms with van der Waals surface area (Å²) in [5.41, 5.74) is 5.78. The smallest absolute Gasteiger partial charge is 0.278 e. The molecule has 4 heterocycles. The first-order valence-electron chi connectivity index (χ1n) is 9.00. The topological polar surface area (TPSA) is 85.4 Å². The number of H-pyrrole nitrogens is 1. The molecule has 1 saturated carbocycles. The first-order valence-corrected chi connectivity index (χ1v) is 9.38. The molecule has 2 aliphatic rings. The molecule has 7 nitrogen and oxygen atoms in total. The highest BCUT2D eigenvalue weighted by Gasteiger charge is 2.29. The average molecular weight is 379 g/mol. The molecule has 0 amide bonds. The second-order valence-electron chi connectivity index (χ2n) is 7.10. The van der Waals surface area contributed by atoms with E-state index in [1.165, 1.54) is 6.42 Å². The molecule has 0 bridgehead atoms. The molecule has 3 aromatic heterocycles. The van der Waals surface area contributed by atoms with Crippen LogP contribution in [0.5, 0.6) is 0 Å². The van der Waals surface area contributed by atoms with Gasteiger partial charge in [-0.3, -0.25) is 5.10 Å². The third-order valence-electron chi connectivity index (χ3n) is 5.54. The number of aromatic nitrogens is 6. The van der Waals surface area contributed by atoms with Gasteiger partial charge in [-0.2, -0.15) is 10.1 Å². The number of halogens is 1. The first-order chi connectivity index (χ1) is 13.3. The summed E-state index contributed by atoms with van der Waals surface area (Å²) in [5, 5.41) is 12.2. The number of rotatable bonds is 2.